The van der Waals surface area contributed by atoms with Crippen LogP contribution >= 0.6 is 0 Å². The molecule has 1 fully saturated rings. The largest absolute Gasteiger partial charge is 0.451 e. The molecule has 1 aromatic heterocycles. The quantitative estimate of drug-likeness (QED) is 0.413. The highest BCUT2D eigenvalue weighted by Crippen LogP contribution is 2.19. The van der Waals surface area contributed by atoms with Gasteiger partial charge in [-0.15, -0.1) is 0 Å². The SMILES string of the molecule is CCCn1c(C)cc(C=C(C#N)C(=O)OCC(=O)NC2CCS(=O)(=O)C2)c1C. The molecule has 9 heteroatoms. The van der Waals surface area contributed by atoms with Crippen LogP contribution in [0.15, 0.2) is 11.6 Å². The van der Waals surface area contributed by atoms with Gasteiger partial charge in [0.1, 0.15) is 11.6 Å². The molecule has 2 heterocycles. The average molecular weight is 407 g/mol. The highest BCUT2D eigenvalue weighted by atomic mass is 32.2. The second kappa shape index (κ2) is 9.06. The van der Waals surface area contributed by atoms with Crippen molar-refractivity contribution in [2.75, 3.05) is 18.1 Å². The summed E-state index contributed by atoms with van der Waals surface area (Å²) in [5.41, 5.74) is 2.52. The first-order valence-electron chi connectivity index (χ1n) is 9.12. The lowest BCUT2D eigenvalue weighted by molar-refractivity contribution is -0.144. The summed E-state index contributed by atoms with van der Waals surface area (Å²) in [5.74, 6) is -1.55. The fourth-order valence-electron chi connectivity index (χ4n) is 3.22. The first kappa shape index (κ1) is 21.7. The zero-order valence-corrected chi connectivity index (χ0v) is 17.1. The van der Waals surface area contributed by atoms with Crippen molar-refractivity contribution >= 4 is 27.8 Å². The number of ether oxygens (including phenoxy) is 1. The zero-order chi connectivity index (χ0) is 20.9. The van der Waals surface area contributed by atoms with E-state index >= 15 is 0 Å². The molecule has 1 aliphatic rings. The number of aromatic nitrogens is 1. The minimum atomic E-state index is -3.11. The molecule has 0 spiro atoms. The first-order valence-corrected chi connectivity index (χ1v) is 10.9. The Bertz CT molecular complexity index is 938. The van der Waals surface area contributed by atoms with E-state index < -0.39 is 34.4 Å². The van der Waals surface area contributed by atoms with Crippen LogP contribution in [0.3, 0.4) is 0 Å². The van der Waals surface area contributed by atoms with Crippen LogP contribution < -0.4 is 5.32 Å². The fraction of sp³-hybridized carbons (Fsp3) is 0.526. The number of carbonyl (C=O) groups is 2. The van der Waals surface area contributed by atoms with Crippen LogP contribution in [0.5, 0.6) is 0 Å². The molecule has 1 unspecified atom stereocenters. The van der Waals surface area contributed by atoms with Gasteiger partial charge in [-0.05, 0) is 44.4 Å². The molecule has 0 aromatic carbocycles. The van der Waals surface area contributed by atoms with E-state index in [4.69, 9.17) is 4.74 Å². The van der Waals surface area contributed by atoms with Gasteiger partial charge in [0, 0.05) is 24.0 Å². The highest BCUT2D eigenvalue weighted by Gasteiger charge is 2.29. The molecular formula is C19H25N3O5S. The Morgan fingerprint density at radius 2 is 2.14 bits per heavy atom. The number of aryl methyl sites for hydroxylation is 1. The van der Waals surface area contributed by atoms with E-state index in [9.17, 15) is 23.3 Å². The molecule has 1 saturated heterocycles. The van der Waals surface area contributed by atoms with Crippen molar-refractivity contribution in [2.24, 2.45) is 0 Å². The maximum Gasteiger partial charge on any atom is 0.349 e. The second-order valence-corrected chi connectivity index (χ2v) is 9.12. The number of esters is 1. The number of hydrogen-bond donors (Lipinski definition) is 1. The topological polar surface area (TPSA) is 118 Å². The summed E-state index contributed by atoms with van der Waals surface area (Å²) in [6, 6.07) is 3.24. The Kier molecular flexibility index (Phi) is 7.02. The molecular weight excluding hydrogens is 382 g/mol. The minimum Gasteiger partial charge on any atom is -0.451 e. The Morgan fingerprint density at radius 3 is 2.71 bits per heavy atom. The second-order valence-electron chi connectivity index (χ2n) is 6.89. The maximum absolute atomic E-state index is 12.2. The van der Waals surface area contributed by atoms with E-state index in [0.29, 0.717) is 6.42 Å². The van der Waals surface area contributed by atoms with Gasteiger partial charge >= 0.3 is 5.97 Å². The molecule has 8 nitrogen and oxygen atoms in total. The molecule has 1 aromatic rings. The van der Waals surface area contributed by atoms with Crippen molar-refractivity contribution in [3.8, 4) is 6.07 Å². The lowest BCUT2D eigenvalue weighted by Gasteiger charge is -2.10. The third-order valence-corrected chi connectivity index (χ3v) is 6.40. The monoisotopic (exact) mass is 407 g/mol. The standard InChI is InChI=1S/C19H25N3O5S/c1-4-6-22-13(2)8-15(14(22)3)9-16(10-20)19(24)27-11-18(23)21-17-5-7-28(25,26)12-17/h8-9,17H,4-7,11-12H2,1-3H3,(H,21,23). The van der Waals surface area contributed by atoms with Gasteiger partial charge in [-0.3, -0.25) is 4.79 Å². The summed E-state index contributed by atoms with van der Waals surface area (Å²) in [5, 5.41) is 11.8. The minimum absolute atomic E-state index is 0.0372. The van der Waals surface area contributed by atoms with Crippen LogP contribution in [-0.2, 0) is 30.7 Å². The lowest BCUT2D eigenvalue weighted by atomic mass is 10.1. The summed E-state index contributed by atoms with van der Waals surface area (Å²) in [7, 11) is -3.11. The summed E-state index contributed by atoms with van der Waals surface area (Å²) in [6.45, 7) is 6.21. The number of hydrogen-bond acceptors (Lipinski definition) is 6. The number of carbonyl (C=O) groups excluding carboxylic acids is 2. The third kappa shape index (κ3) is 5.45. The molecule has 0 radical (unpaired) electrons. The number of nitriles is 1. The molecule has 2 rings (SSSR count). The van der Waals surface area contributed by atoms with Gasteiger partial charge in [0.25, 0.3) is 5.91 Å². The number of nitrogens with zero attached hydrogens (tertiary/aromatic N) is 2. The fourth-order valence-corrected chi connectivity index (χ4v) is 4.89. The smallest absolute Gasteiger partial charge is 0.349 e. The Hall–Kier alpha value is -2.60. The number of rotatable bonds is 7. The van der Waals surface area contributed by atoms with Gasteiger partial charge in [-0.2, -0.15) is 5.26 Å². The van der Waals surface area contributed by atoms with E-state index in [1.54, 1.807) is 0 Å². The Balaban J connectivity index is 1.98. The van der Waals surface area contributed by atoms with Crippen LogP contribution in [0.25, 0.3) is 6.08 Å². The Morgan fingerprint density at radius 1 is 1.43 bits per heavy atom. The number of nitrogens with one attached hydrogen (secondary N) is 1. The predicted octanol–water partition coefficient (Wildman–Crippen LogP) is 1.27. The predicted molar refractivity (Wildman–Crippen MR) is 104 cm³/mol. The lowest BCUT2D eigenvalue weighted by Crippen LogP contribution is -2.38. The zero-order valence-electron chi connectivity index (χ0n) is 16.3. The normalized spacial score (nSPS) is 18.5. The molecule has 0 saturated carbocycles. The highest BCUT2D eigenvalue weighted by molar-refractivity contribution is 7.91. The molecule has 0 aliphatic carbocycles. The third-order valence-electron chi connectivity index (χ3n) is 4.63. The van der Waals surface area contributed by atoms with Crippen LogP contribution in [0.2, 0.25) is 0 Å². The molecule has 1 aliphatic heterocycles. The van der Waals surface area contributed by atoms with E-state index in [-0.39, 0.29) is 17.1 Å². The molecule has 1 atom stereocenters. The molecule has 28 heavy (non-hydrogen) atoms. The summed E-state index contributed by atoms with van der Waals surface area (Å²) >= 11 is 0. The first-order chi connectivity index (χ1) is 13.2. The van der Waals surface area contributed by atoms with Gasteiger partial charge in [-0.25, -0.2) is 13.2 Å². The van der Waals surface area contributed by atoms with E-state index in [2.05, 4.69) is 16.8 Å². The van der Waals surface area contributed by atoms with E-state index in [1.165, 1.54) is 6.08 Å². The van der Waals surface area contributed by atoms with Gasteiger partial charge in [0.15, 0.2) is 16.4 Å². The van der Waals surface area contributed by atoms with Gasteiger partial charge in [0.05, 0.1) is 11.5 Å². The number of amides is 1. The molecule has 152 valence electrons. The van der Waals surface area contributed by atoms with Crippen LogP contribution in [0.4, 0.5) is 0 Å². The Labute approximate surface area is 165 Å². The summed E-state index contributed by atoms with van der Waals surface area (Å²) in [4.78, 5) is 24.0. The molecule has 1 amide bonds. The van der Waals surface area contributed by atoms with E-state index in [1.807, 2.05) is 26.0 Å². The summed E-state index contributed by atoms with van der Waals surface area (Å²) in [6.07, 6.45) is 2.76. The van der Waals surface area contributed by atoms with Gasteiger partial charge < -0.3 is 14.6 Å². The van der Waals surface area contributed by atoms with Crippen molar-refractivity contribution in [1.29, 1.82) is 5.26 Å². The van der Waals surface area contributed by atoms with Crippen molar-refractivity contribution < 1.29 is 22.7 Å². The average Bonchev–Trinajstić information content (AvgIpc) is 3.10. The van der Waals surface area contributed by atoms with Crippen LogP contribution in [-0.4, -0.2) is 49.0 Å². The maximum atomic E-state index is 12.2. The van der Waals surface area contributed by atoms with Crippen molar-refractivity contribution in [1.82, 2.24) is 9.88 Å². The van der Waals surface area contributed by atoms with Gasteiger partial charge in [0.2, 0.25) is 0 Å². The van der Waals surface area contributed by atoms with Crippen LogP contribution in [0.1, 0.15) is 36.7 Å². The van der Waals surface area contributed by atoms with Gasteiger partial charge in [-0.1, -0.05) is 6.92 Å². The van der Waals surface area contributed by atoms with Crippen molar-refractivity contribution in [3.05, 3.63) is 28.6 Å². The molecule has 0 bridgehead atoms. The number of sulfone groups is 1. The van der Waals surface area contributed by atoms with E-state index in [0.717, 1.165) is 29.9 Å². The molecule has 1 N–H and O–H groups in total. The summed E-state index contributed by atoms with van der Waals surface area (Å²) < 4.78 is 29.8. The van der Waals surface area contributed by atoms with Crippen molar-refractivity contribution in [2.45, 2.75) is 46.2 Å². The van der Waals surface area contributed by atoms with Crippen molar-refractivity contribution in [3.63, 3.8) is 0 Å². The van der Waals surface area contributed by atoms with Crippen LogP contribution in [0, 0.1) is 25.2 Å².